The second kappa shape index (κ2) is 7.05. The third kappa shape index (κ3) is 4.14. The fourth-order valence-electron chi connectivity index (χ4n) is 2.95. The van der Waals surface area contributed by atoms with E-state index in [4.69, 9.17) is 4.74 Å². The molecule has 1 saturated carbocycles. The maximum Gasteiger partial charge on any atom is 0.258 e. The number of carbonyl (C=O) groups excluding carboxylic acids is 1. The highest BCUT2D eigenvalue weighted by molar-refractivity contribution is 6.03. The van der Waals surface area contributed by atoms with E-state index in [1.54, 1.807) is 42.2 Å². The Morgan fingerprint density at radius 1 is 1.29 bits per heavy atom. The predicted octanol–water partition coefficient (Wildman–Crippen LogP) is 2.75. The zero-order valence-electron chi connectivity index (χ0n) is 13.9. The van der Waals surface area contributed by atoms with Gasteiger partial charge in [-0.3, -0.25) is 9.48 Å². The summed E-state index contributed by atoms with van der Waals surface area (Å²) >= 11 is 0. The Balaban J connectivity index is 1.54. The zero-order valence-corrected chi connectivity index (χ0v) is 13.9. The van der Waals surface area contributed by atoms with Crippen LogP contribution in [-0.4, -0.2) is 33.0 Å². The molecule has 1 aliphatic rings. The number of nitrogens with zero attached hydrogens (tertiary/aromatic N) is 2. The smallest absolute Gasteiger partial charge is 0.258 e. The number of aromatic nitrogens is 2. The Labute approximate surface area is 141 Å². The van der Waals surface area contributed by atoms with Crippen LogP contribution in [0.4, 0.5) is 5.69 Å². The van der Waals surface area contributed by atoms with E-state index < -0.39 is 5.60 Å². The average Bonchev–Trinajstić information content (AvgIpc) is 3.02. The van der Waals surface area contributed by atoms with Crippen molar-refractivity contribution in [2.45, 2.75) is 37.7 Å². The average molecular weight is 329 g/mol. The van der Waals surface area contributed by atoms with Crippen molar-refractivity contribution >= 4 is 11.6 Å². The third-order valence-corrected chi connectivity index (χ3v) is 4.37. The van der Waals surface area contributed by atoms with Crippen molar-refractivity contribution < 1.29 is 14.6 Å². The Kier molecular flexibility index (Phi) is 4.85. The van der Waals surface area contributed by atoms with Gasteiger partial charge in [0.05, 0.1) is 17.4 Å². The number of benzene rings is 1. The van der Waals surface area contributed by atoms with Crippen molar-refractivity contribution in [1.82, 2.24) is 9.78 Å². The summed E-state index contributed by atoms with van der Waals surface area (Å²) in [5, 5.41) is 17.2. The lowest BCUT2D eigenvalue weighted by molar-refractivity contribution is -0.0338. The maximum absolute atomic E-state index is 12.1. The molecule has 0 unspecified atom stereocenters. The topological polar surface area (TPSA) is 76.4 Å². The van der Waals surface area contributed by atoms with E-state index in [0.29, 0.717) is 23.6 Å². The molecule has 0 aliphatic heterocycles. The molecule has 1 heterocycles. The van der Waals surface area contributed by atoms with Crippen LogP contribution < -0.4 is 10.1 Å². The first-order valence-corrected chi connectivity index (χ1v) is 8.29. The van der Waals surface area contributed by atoms with Gasteiger partial charge in [0, 0.05) is 18.9 Å². The second-order valence-corrected chi connectivity index (χ2v) is 6.45. The molecule has 2 aromatic rings. The van der Waals surface area contributed by atoms with Crippen LogP contribution in [0.15, 0.2) is 36.7 Å². The van der Waals surface area contributed by atoms with Crippen LogP contribution >= 0.6 is 0 Å². The van der Waals surface area contributed by atoms with Gasteiger partial charge in [0.2, 0.25) is 0 Å². The number of rotatable bonds is 5. The van der Waals surface area contributed by atoms with Gasteiger partial charge >= 0.3 is 0 Å². The highest BCUT2D eigenvalue weighted by Crippen LogP contribution is 2.29. The molecule has 1 fully saturated rings. The van der Waals surface area contributed by atoms with Gasteiger partial charge in [0.1, 0.15) is 12.4 Å². The molecule has 1 aromatic carbocycles. The molecule has 3 rings (SSSR count). The lowest BCUT2D eigenvalue weighted by atomic mass is 9.85. The molecule has 6 nitrogen and oxygen atoms in total. The van der Waals surface area contributed by atoms with Crippen molar-refractivity contribution in [3.05, 3.63) is 42.2 Å². The monoisotopic (exact) mass is 329 g/mol. The van der Waals surface area contributed by atoms with Crippen molar-refractivity contribution in [2.75, 3.05) is 11.9 Å². The molecule has 6 heteroatoms. The Hall–Kier alpha value is -2.34. The molecule has 0 bridgehead atoms. The normalized spacial score (nSPS) is 16.6. The number of anilines is 1. The lowest BCUT2D eigenvalue weighted by Crippen LogP contribution is -2.37. The number of ether oxygens (including phenoxy) is 1. The molecule has 2 N–H and O–H groups in total. The number of aryl methyl sites for hydroxylation is 1. The van der Waals surface area contributed by atoms with Gasteiger partial charge in [0.15, 0.2) is 0 Å². The molecule has 0 saturated heterocycles. The van der Waals surface area contributed by atoms with Crippen LogP contribution in [0.2, 0.25) is 0 Å². The maximum atomic E-state index is 12.1. The molecular weight excluding hydrogens is 306 g/mol. The molecular formula is C18H23N3O3. The fourth-order valence-corrected chi connectivity index (χ4v) is 2.95. The fraction of sp³-hybridized carbons (Fsp3) is 0.444. The minimum atomic E-state index is -0.703. The van der Waals surface area contributed by atoms with Gasteiger partial charge in [0.25, 0.3) is 5.91 Å². The molecule has 1 amide bonds. The SMILES string of the molecule is Cn1cc(C(=O)Nc2ccc(OCC3(O)CCCCC3)cc2)cn1. The van der Waals surface area contributed by atoms with Crippen LogP contribution in [-0.2, 0) is 7.05 Å². The van der Waals surface area contributed by atoms with E-state index in [2.05, 4.69) is 10.4 Å². The van der Waals surface area contributed by atoms with Crippen LogP contribution in [0.5, 0.6) is 5.75 Å². The quantitative estimate of drug-likeness (QED) is 0.884. The first-order valence-electron chi connectivity index (χ1n) is 8.29. The number of amides is 1. The summed E-state index contributed by atoms with van der Waals surface area (Å²) in [5.74, 6) is 0.488. The van der Waals surface area contributed by atoms with Crippen LogP contribution in [0.25, 0.3) is 0 Å². The molecule has 24 heavy (non-hydrogen) atoms. The van der Waals surface area contributed by atoms with Crippen LogP contribution in [0.3, 0.4) is 0 Å². The minimum absolute atomic E-state index is 0.201. The van der Waals surface area contributed by atoms with Crippen molar-refractivity contribution in [3.8, 4) is 5.75 Å². The van der Waals surface area contributed by atoms with Gasteiger partial charge in [-0.1, -0.05) is 19.3 Å². The Morgan fingerprint density at radius 2 is 2.00 bits per heavy atom. The van der Waals surface area contributed by atoms with Gasteiger partial charge in [-0.2, -0.15) is 5.10 Å². The summed E-state index contributed by atoms with van der Waals surface area (Å²) in [6, 6.07) is 7.17. The summed E-state index contributed by atoms with van der Waals surface area (Å²) in [5.41, 5.74) is 0.496. The summed E-state index contributed by atoms with van der Waals surface area (Å²) in [4.78, 5) is 12.1. The van der Waals surface area contributed by atoms with E-state index in [-0.39, 0.29) is 5.91 Å². The van der Waals surface area contributed by atoms with Gasteiger partial charge in [-0.15, -0.1) is 0 Å². The molecule has 0 radical (unpaired) electrons. The standard InChI is InChI=1S/C18H23N3O3/c1-21-12-14(11-19-21)17(22)20-15-5-7-16(8-6-15)24-13-18(23)9-3-2-4-10-18/h5-8,11-12,23H,2-4,9-10,13H2,1H3,(H,20,22). The highest BCUT2D eigenvalue weighted by atomic mass is 16.5. The van der Waals surface area contributed by atoms with Crippen LogP contribution in [0.1, 0.15) is 42.5 Å². The number of hydrogen-bond acceptors (Lipinski definition) is 4. The first kappa shape index (κ1) is 16.5. The second-order valence-electron chi connectivity index (χ2n) is 6.45. The molecule has 128 valence electrons. The van der Waals surface area contributed by atoms with Gasteiger partial charge < -0.3 is 15.2 Å². The first-order chi connectivity index (χ1) is 11.5. The third-order valence-electron chi connectivity index (χ3n) is 4.37. The summed E-state index contributed by atoms with van der Waals surface area (Å²) < 4.78 is 7.31. The van der Waals surface area contributed by atoms with Crippen molar-refractivity contribution in [3.63, 3.8) is 0 Å². The predicted molar refractivity (Wildman–Crippen MR) is 91.1 cm³/mol. The molecule has 0 spiro atoms. The van der Waals surface area contributed by atoms with Crippen LogP contribution in [0, 0.1) is 0 Å². The Bertz CT molecular complexity index is 688. The molecule has 1 aromatic heterocycles. The van der Waals surface area contributed by atoms with E-state index in [0.717, 1.165) is 25.7 Å². The van der Waals surface area contributed by atoms with Gasteiger partial charge in [-0.25, -0.2) is 0 Å². The lowest BCUT2D eigenvalue weighted by Gasteiger charge is -2.31. The van der Waals surface area contributed by atoms with Crippen molar-refractivity contribution in [2.24, 2.45) is 7.05 Å². The van der Waals surface area contributed by atoms with E-state index >= 15 is 0 Å². The summed E-state index contributed by atoms with van der Waals surface area (Å²) in [7, 11) is 1.77. The van der Waals surface area contributed by atoms with E-state index in [1.165, 1.54) is 12.6 Å². The highest BCUT2D eigenvalue weighted by Gasteiger charge is 2.29. The molecule has 1 aliphatic carbocycles. The molecule has 0 atom stereocenters. The van der Waals surface area contributed by atoms with E-state index in [1.807, 2.05) is 0 Å². The summed E-state index contributed by atoms with van der Waals surface area (Å²) in [6.45, 7) is 0.314. The van der Waals surface area contributed by atoms with E-state index in [9.17, 15) is 9.90 Å². The van der Waals surface area contributed by atoms with Crippen molar-refractivity contribution in [1.29, 1.82) is 0 Å². The minimum Gasteiger partial charge on any atom is -0.491 e. The number of aliphatic hydroxyl groups is 1. The number of carbonyl (C=O) groups is 1. The zero-order chi connectivity index (χ0) is 17.0. The van der Waals surface area contributed by atoms with Gasteiger partial charge in [-0.05, 0) is 37.1 Å². The number of nitrogens with one attached hydrogen (secondary N) is 1. The Morgan fingerprint density at radius 3 is 2.62 bits per heavy atom. The number of hydrogen-bond donors (Lipinski definition) is 2. The summed E-state index contributed by atoms with van der Waals surface area (Å²) in [6.07, 6.45) is 8.08. The largest absolute Gasteiger partial charge is 0.491 e.